The van der Waals surface area contributed by atoms with E-state index in [1.165, 1.54) is 29.0 Å². The van der Waals surface area contributed by atoms with E-state index in [0.29, 0.717) is 0 Å². The Hall–Kier alpha value is -2.49. The van der Waals surface area contributed by atoms with E-state index in [4.69, 9.17) is 0 Å². The highest BCUT2D eigenvalue weighted by Crippen LogP contribution is 2.40. The summed E-state index contributed by atoms with van der Waals surface area (Å²) in [4.78, 5) is 6.67. The fraction of sp³-hybridized carbons (Fsp3) is 0.348. The number of hydrogen-bond donors (Lipinski definition) is 0. The lowest BCUT2D eigenvalue weighted by atomic mass is 9.87. The minimum atomic E-state index is -0.659. The van der Waals surface area contributed by atoms with Crippen LogP contribution >= 0.6 is 0 Å². The quantitative estimate of drug-likeness (QED) is 0.567. The van der Waals surface area contributed by atoms with Gasteiger partial charge in [0.25, 0.3) is 0 Å². The van der Waals surface area contributed by atoms with Crippen LogP contribution in [0.5, 0.6) is 0 Å². The van der Waals surface area contributed by atoms with E-state index in [9.17, 15) is 8.78 Å². The van der Waals surface area contributed by atoms with Gasteiger partial charge in [0.2, 0.25) is 0 Å². The van der Waals surface area contributed by atoms with Crippen molar-refractivity contribution in [3.8, 4) is 0 Å². The summed E-state index contributed by atoms with van der Waals surface area (Å²) in [5.41, 5.74) is 5.73. The molecule has 0 aliphatic carbocycles. The predicted octanol–water partition coefficient (Wildman–Crippen LogP) is 6.44. The van der Waals surface area contributed by atoms with Crippen LogP contribution in [-0.4, -0.2) is 18.3 Å². The van der Waals surface area contributed by atoms with E-state index in [1.807, 2.05) is 6.92 Å². The standard InChI is InChI=1S/C23H26F2N2/c1-6-9-27-22-10-15(2)17(11-19(22)16(3)13-23(27,4)5)14-26-21-8-7-18(24)12-20(21)25/h7-8,10-14H,6,9H2,1-5H3. The highest BCUT2D eigenvalue weighted by atomic mass is 19.1. The van der Waals surface area contributed by atoms with E-state index in [-0.39, 0.29) is 11.2 Å². The third kappa shape index (κ3) is 3.80. The molecule has 2 aromatic rings. The Bertz CT molecular complexity index is 926. The van der Waals surface area contributed by atoms with Crippen LogP contribution in [0.1, 0.15) is 50.8 Å². The predicted molar refractivity (Wildman–Crippen MR) is 110 cm³/mol. The Morgan fingerprint density at radius 2 is 1.85 bits per heavy atom. The molecule has 0 fully saturated rings. The average molecular weight is 368 g/mol. The Morgan fingerprint density at radius 1 is 1.11 bits per heavy atom. The molecule has 0 unspecified atom stereocenters. The van der Waals surface area contributed by atoms with Crippen molar-refractivity contribution < 1.29 is 8.78 Å². The van der Waals surface area contributed by atoms with Crippen molar-refractivity contribution in [1.29, 1.82) is 0 Å². The van der Waals surface area contributed by atoms with Crippen molar-refractivity contribution in [1.82, 2.24) is 0 Å². The first kappa shape index (κ1) is 19.3. The Morgan fingerprint density at radius 3 is 2.52 bits per heavy atom. The maximum atomic E-state index is 13.8. The first-order valence-electron chi connectivity index (χ1n) is 9.34. The molecular formula is C23H26F2N2. The average Bonchev–Trinajstić information content (AvgIpc) is 2.58. The van der Waals surface area contributed by atoms with Crippen LogP contribution < -0.4 is 4.90 Å². The lowest BCUT2D eigenvalue weighted by molar-refractivity contribution is 0.550. The minimum absolute atomic E-state index is 0.0353. The smallest absolute Gasteiger partial charge is 0.151 e. The molecule has 2 nitrogen and oxygen atoms in total. The van der Waals surface area contributed by atoms with Gasteiger partial charge in [-0.15, -0.1) is 0 Å². The minimum Gasteiger partial charge on any atom is -0.362 e. The van der Waals surface area contributed by atoms with Crippen LogP contribution in [-0.2, 0) is 0 Å². The zero-order chi connectivity index (χ0) is 19.8. The number of halogens is 2. The topological polar surface area (TPSA) is 15.6 Å². The molecule has 0 saturated carbocycles. The van der Waals surface area contributed by atoms with Crippen LogP contribution in [0.15, 0.2) is 41.4 Å². The van der Waals surface area contributed by atoms with Crippen molar-refractivity contribution >= 4 is 23.2 Å². The summed E-state index contributed by atoms with van der Waals surface area (Å²) >= 11 is 0. The number of aryl methyl sites for hydroxylation is 1. The van der Waals surface area contributed by atoms with Crippen LogP contribution in [0, 0.1) is 18.6 Å². The molecule has 27 heavy (non-hydrogen) atoms. The molecule has 0 bridgehead atoms. The fourth-order valence-corrected chi connectivity index (χ4v) is 3.74. The molecule has 142 valence electrons. The molecule has 0 radical (unpaired) electrons. The van der Waals surface area contributed by atoms with Crippen LogP contribution in [0.4, 0.5) is 20.2 Å². The zero-order valence-corrected chi connectivity index (χ0v) is 16.6. The molecule has 4 heteroatoms. The maximum absolute atomic E-state index is 13.8. The lowest BCUT2D eigenvalue weighted by Gasteiger charge is -2.43. The van der Waals surface area contributed by atoms with Gasteiger partial charge in [-0.05, 0) is 75.1 Å². The largest absolute Gasteiger partial charge is 0.362 e. The van der Waals surface area contributed by atoms with E-state index >= 15 is 0 Å². The Kier molecular flexibility index (Phi) is 5.18. The van der Waals surface area contributed by atoms with Gasteiger partial charge in [-0.2, -0.15) is 0 Å². The first-order valence-corrected chi connectivity index (χ1v) is 9.34. The molecule has 0 aromatic heterocycles. The normalized spacial score (nSPS) is 15.8. The van der Waals surface area contributed by atoms with Crippen molar-refractivity contribution in [3.63, 3.8) is 0 Å². The second kappa shape index (κ2) is 7.26. The van der Waals surface area contributed by atoms with Gasteiger partial charge >= 0.3 is 0 Å². The number of anilines is 1. The van der Waals surface area contributed by atoms with Crippen LogP contribution in [0.25, 0.3) is 5.57 Å². The van der Waals surface area contributed by atoms with E-state index in [1.54, 1.807) is 6.21 Å². The van der Waals surface area contributed by atoms with Gasteiger partial charge in [0, 0.05) is 30.1 Å². The monoisotopic (exact) mass is 368 g/mol. The molecule has 0 atom stereocenters. The van der Waals surface area contributed by atoms with Gasteiger partial charge in [-0.3, -0.25) is 4.99 Å². The second-order valence-electron chi connectivity index (χ2n) is 7.71. The van der Waals surface area contributed by atoms with Crippen LogP contribution in [0.3, 0.4) is 0 Å². The van der Waals surface area contributed by atoms with Crippen molar-refractivity contribution in [2.24, 2.45) is 4.99 Å². The summed E-state index contributed by atoms with van der Waals surface area (Å²) in [7, 11) is 0. The molecule has 0 spiro atoms. The highest BCUT2D eigenvalue weighted by Gasteiger charge is 2.31. The van der Waals surface area contributed by atoms with E-state index in [0.717, 1.165) is 30.2 Å². The van der Waals surface area contributed by atoms with E-state index in [2.05, 4.69) is 55.8 Å². The van der Waals surface area contributed by atoms with Crippen molar-refractivity contribution in [2.45, 2.75) is 46.6 Å². The number of fused-ring (bicyclic) bond motifs is 1. The number of nitrogens with zero attached hydrogens (tertiary/aromatic N) is 2. The summed E-state index contributed by atoms with van der Waals surface area (Å²) in [6, 6.07) is 7.72. The number of benzene rings is 2. The summed E-state index contributed by atoms with van der Waals surface area (Å²) in [6.45, 7) is 11.8. The zero-order valence-electron chi connectivity index (χ0n) is 16.6. The van der Waals surface area contributed by atoms with Crippen LogP contribution in [0.2, 0.25) is 0 Å². The van der Waals surface area contributed by atoms with Gasteiger partial charge in [0.05, 0.1) is 11.2 Å². The van der Waals surface area contributed by atoms with Gasteiger partial charge in [0.1, 0.15) is 5.82 Å². The highest BCUT2D eigenvalue weighted by molar-refractivity contribution is 5.90. The number of hydrogen-bond acceptors (Lipinski definition) is 2. The second-order valence-corrected chi connectivity index (χ2v) is 7.71. The molecule has 1 aliphatic heterocycles. The molecule has 1 heterocycles. The summed E-state index contributed by atoms with van der Waals surface area (Å²) in [5, 5.41) is 0. The molecule has 0 amide bonds. The molecule has 0 N–H and O–H groups in total. The number of allylic oxidation sites excluding steroid dienone is 1. The summed E-state index contributed by atoms with van der Waals surface area (Å²) < 4.78 is 26.9. The molecule has 3 rings (SSSR count). The Balaban J connectivity index is 2.03. The maximum Gasteiger partial charge on any atom is 0.151 e. The fourth-order valence-electron chi connectivity index (χ4n) is 3.74. The van der Waals surface area contributed by atoms with Gasteiger partial charge in [0.15, 0.2) is 5.82 Å². The number of rotatable bonds is 4. The molecule has 0 saturated heterocycles. The third-order valence-electron chi connectivity index (χ3n) is 5.07. The lowest BCUT2D eigenvalue weighted by Crippen LogP contribution is -2.45. The van der Waals surface area contributed by atoms with Gasteiger partial charge in [-0.1, -0.05) is 13.0 Å². The SMILES string of the molecule is CCCN1c2cc(C)c(C=Nc3ccc(F)cc3F)cc2C(C)=CC1(C)C. The molecular weight excluding hydrogens is 342 g/mol. The first-order chi connectivity index (χ1) is 12.7. The van der Waals surface area contributed by atoms with Crippen molar-refractivity contribution in [2.75, 3.05) is 11.4 Å². The Labute approximate surface area is 160 Å². The number of aliphatic imine (C=N–C) groups is 1. The van der Waals surface area contributed by atoms with Gasteiger partial charge in [-0.25, -0.2) is 8.78 Å². The molecule has 1 aliphatic rings. The van der Waals surface area contributed by atoms with E-state index < -0.39 is 11.6 Å². The van der Waals surface area contributed by atoms with Gasteiger partial charge < -0.3 is 4.90 Å². The molecule has 2 aromatic carbocycles. The third-order valence-corrected chi connectivity index (χ3v) is 5.07. The van der Waals surface area contributed by atoms with Crippen molar-refractivity contribution in [3.05, 3.63) is 64.7 Å². The summed E-state index contributed by atoms with van der Waals surface area (Å²) in [5.74, 6) is -1.26. The summed E-state index contributed by atoms with van der Waals surface area (Å²) in [6.07, 6.45) is 5.02.